The van der Waals surface area contributed by atoms with Crippen LogP contribution in [-0.4, -0.2) is 50.3 Å². The van der Waals surface area contributed by atoms with Gasteiger partial charge in [0.15, 0.2) is 12.6 Å². The van der Waals surface area contributed by atoms with E-state index in [1.807, 2.05) is 42.5 Å². The van der Waals surface area contributed by atoms with Crippen LogP contribution in [0.25, 0.3) is 0 Å². The molecule has 1 heterocycles. The second-order valence-electron chi connectivity index (χ2n) is 8.22. The Morgan fingerprint density at radius 1 is 1.12 bits per heavy atom. The van der Waals surface area contributed by atoms with Crippen LogP contribution in [-0.2, 0) is 17.6 Å². The standard InChI is InChI=1S/C25H32N4O3/c1-2-26-25(28-16-22-15-19-5-3-4-6-23(19)32-22)27-14-13-18-7-11-21(12-8-18)31-17-24(30)29-20-9-10-20/h3-8,11-12,20,22H,2,9-10,13-17H2,1H3,(H,29,30)(H2,26,27,28). The van der Waals surface area contributed by atoms with Crippen molar-refractivity contribution in [1.82, 2.24) is 16.0 Å². The van der Waals surface area contributed by atoms with E-state index in [-0.39, 0.29) is 18.6 Å². The SMILES string of the molecule is CCNC(=NCC1Cc2ccccc2O1)NCCc1ccc(OCC(=O)NC2CC2)cc1. The van der Waals surface area contributed by atoms with Crippen LogP contribution in [0.3, 0.4) is 0 Å². The molecule has 2 aliphatic rings. The molecule has 1 aliphatic heterocycles. The summed E-state index contributed by atoms with van der Waals surface area (Å²) >= 11 is 0. The molecule has 1 amide bonds. The van der Waals surface area contributed by atoms with Crippen LogP contribution in [0.4, 0.5) is 0 Å². The Hall–Kier alpha value is -3.22. The van der Waals surface area contributed by atoms with Gasteiger partial charge in [-0.15, -0.1) is 0 Å². The highest BCUT2D eigenvalue weighted by Crippen LogP contribution is 2.28. The summed E-state index contributed by atoms with van der Waals surface area (Å²) < 4.78 is 11.5. The number of hydrogen-bond acceptors (Lipinski definition) is 4. The first kappa shape index (κ1) is 22.0. The summed E-state index contributed by atoms with van der Waals surface area (Å²) in [5.41, 5.74) is 2.44. The van der Waals surface area contributed by atoms with Gasteiger partial charge in [-0.2, -0.15) is 0 Å². The monoisotopic (exact) mass is 436 g/mol. The van der Waals surface area contributed by atoms with E-state index < -0.39 is 0 Å². The smallest absolute Gasteiger partial charge is 0.258 e. The lowest BCUT2D eigenvalue weighted by Crippen LogP contribution is -2.39. The van der Waals surface area contributed by atoms with E-state index in [4.69, 9.17) is 14.5 Å². The van der Waals surface area contributed by atoms with Gasteiger partial charge in [0.05, 0.1) is 6.54 Å². The first-order valence-corrected chi connectivity index (χ1v) is 11.5. The highest BCUT2D eigenvalue weighted by molar-refractivity contribution is 5.79. The summed E-state index contributed by atoms with van der Waals surface area (Å²) in [7, 11) is 0. The lowest BCUT2D eigenvalue weighted by atomic mass is 10.1. The molecule has 2 aromatic carbocycles. The van der Waals surface area contributed by atoms with Crippen LogP contribution < -0.4 is 25.4 Å². The van der Waals surface area contributed by atoms with Crippen molar-refractivity contribution in [1.29, 1.82) is 0 Å². The number of carbonyl (C=O) groups is 1. The molecule has 1 unspecified atom stereocenters. The van der Waals surface area contributed by atoms with Gasteiger partial charge < -0.3 is 25.4 Å². The molecular formula is C25H32N4O3. The van der Waals surface area contributed by atoms with Gasteiger partial charge in [-0.05, 0) is 55.5 Å². The van der Waals surface area contributed by atoms with Crippen LogP contribution in [0.15, 0.2) is 53.5 Å². The first-order chi connectivity index (χ1) is 15.7. The van der Waals surface area contributed by atoms with Crippen LogP contribution >= 0.6 is 0 Å². The zero-order valence-corrected chi connectivity index (χ0v) is 18.6. The fourth-order valence-corrected chi connectivity index (χ4v) is 3.61. The first-order valence-electron chi connectivity index (χ1n) is 11.5. The number of guanidine groups is 1. The Balaban J connectivity index is 1.18. The van der Waals surface area contributed by atoms with Gasteiger partial charge in [-0.25, -0.2) is 4.99 Å². The molecule has 32 heavy (non-hydrogen) atoms. The van der Waals surface area contributed by atoms with Crippen LogP contribution in [0, 0.1) is 0 Å². The van der Waals surface area contributed by atoms with Crippen molar-refractivity contribution < 1.29 is 14.3 Å². The Morgan fingerprint density at radius 2 is 1.94 bits per heavy atom. The summed E-state index contributed by atoms with van der Waals surface area (Å²) in [5, 5.41) is 9.61. The summed E-state index contributed by atoms with van der Waals surface area (Å²) in [4.78, 5) is 16.4. The number of fused-ring (bicyclic) bond motifs is 1. The number of nitrogens with one attached hydrogen (secondary N) is 3. The van der Waals surface area contributed by atoms with Gasteiger partial charge >= 0.3 is 0 Å². The van der Waals surface area contributed by atoms with Crippen LogP contribution in [0.2, 0.25) is 0 Å². The van der Waals surface area contributed by atoms with E-state index in [9.17, 15) is 4.79 Å². The van der Waals surface area contributed by atoms with Crippen LogP contribution in [0.1, 0.15) is 30.9 Å². The molecule has 4 rings (SSSR count). The van der Waals surface area contributed by atoms with Crippen molar-refractivity contribution in [2.75, 3.05) is 26.2 Å². The minimum absolute atomic E-state index is 0.0529. The fraction of sp³-hybridized carbons (Fsp3) is 0.440. The average Bonchev–Trinajstić information content (AvgIpc) is 3.52. The quantitative estimate of drug-likeness (QED) is 0.394. The molecule has 7 heteroatoms. The fourth-order valence-electron chi connectivity index (χ4n) is 3.61. The Kier molecular flexibility index (Phi) is 7.48. The van der Waals surface area contributed by atoms with Gasteiger partial charge in [0.1, 0.15) is 17.6 Å². The average molecular weight is 437 g/mol. The normalized spacial score (nSPS) is 17.3. The predicted octanol–water partition coefficient (Wildman–Crippen LogP) is 2.45. The molecule has 0 saturated heterocycles. The molecule has 170 valence electrons. The Labute approximate surface area is 189 Å². The van der Waals surface area contributed by atoms with E-state index >= 15 is 0 Å². The Morgan fingerprint density at radius 3 is 2.69 bits per heavy atom. The molecule has 0 radical (unpaired) electrons. The molecule has 1 fully saturated rings. The van der Waals surface area contributed by atoms with Gasteiger partial charge in [0.25, 0.3) is 5.91 Å². The number of benzene rings is 2. The number of ether oxygens (including phenoxy) is 2. The van der Waals surface area contributed by atoms with Crippen molar-refractivity contribution in [3.05, 3.63) is 59.7 Å². The maximum absolute atomic E-state index is 11.7. The second-order valence-corrected chi connectivity index (χ2v) is 8.22. The summed E-state index contributed by atoms with van der Waals surface area (Å²) in [6.07, 6.45) is 4.00. The van der Waals surface area contributed by atoms with E-state index in [0.29, 0.717) is 18.3 Å². The molecule has 2 aromatic rings. The van der Waals surface area contributed by atoms with E-state index in [1.54, 1.807) is 0 Å². The third kappa shape index (κ3) is 6.64. The summed E-state index contributed by atoms with van der Waals surface area (Å²) in [5.74, 6) is 2.43. The van der Waals surface area contributed by atoms with E-state index in [0.717, 1.165) is 50.5 Å². The minimum Gasteiger partial charge on any atom is -0.488 e. The molecule has 1 aliphatic carbocycles. The van der Waals surface area contributed by atoms with Crippen molar-refractivity contribution >= 4 is 11.9 Å². The van der Waals surface area contributed by atoms with Crippen molar-refractivity contribution in [3.8, 4) is 11.5 Å². The topological polar surface area (TPSA) is 84.0 Å². The maximum Gasteiger partial charge on any atom is 0.258 e. The number of rotatable bonds is 10. The predicted molar refractivity (Wildman–Crippen MR) is 125 cm³/mol. The zero-order valence-electron chi connectivity index (χ0n) is 18.6. The number of para-hydroxylation sites is 1. The summed E-state index contributed by atoms with van der Waals surface area (Å²) in [6, 6.07) is 16.4. The molecule has 1 atom stereocenters. The van der Waals surface area contributed by atoms with Crippen molar-refractivity contribution in [2.45, 2.75) is 44.8 Å². The third-order valence-corrected chi connectivity index (χ3v) is 5.45. The lowest BCUT2D eigenvalue weighted by molar-refractivity contribution is -0.123. The summed E-state index contributed by atoms with van der Waals surface area (Å²) in [6.45, 7) is 4.31. The molecule has 0 bridgehead atoms. The van der Waals surface area contributed by atoms with Crippen molar-refractivity contribution in [2.24, 2.45) is 4.99 Å². The number of carbonyl (C=O) groups excluding carboxylic acids is 1. The minimum atomic E-state index is -0.0529. The second kappa shape index (κ2) is 10.9. The Bertz CT molecular complexity index is 900. The molecule has 3 N–H and O–H groups in total. The number of hydrogen-bond donors (Lipinski definition) is 3. The number of amides is 1. The molecule has 0 aromatic heterocycles. The number of nitrogens with zero attached hydrogens (tertiary/aromatic N) is 1. The largest absolute Gasteiger partial charge is 0.488 e. The molecule has 0 spiro atoms. The van der Waals surface area contributed by atoms with Gasteiger partial charge in [0, 0.05) is 25.6 Å². The number of aliphatic imine (C=N–C) groups is 1. The third-order valence-electron chi connectivity index (χ3n) is 5.45. The van der Waals surface area contributed by atoms with E-state index in [2.05, 4.69) is 28.9 Å². The van der Waals surface area contributed by atoms with E-state index in [1.165, 1.54) is 11.1 Å². The van der Waals surface area contributed by atoms with Gasteiger partial charge in [-0.3, -0.25) is 4.79 Å². The molecule has 1 saturated carbocycles. The highest BCUT2D eigenvalue weighted by atomic mass is 16.5. The zero-order chi connectivity index (χ0) is 22.2. The lowest BCUT2D eigenvalue weighted by Gasteiger charge is -2.13. The molecule has 7 nitrogen and oxygen atoms in total. The maximum atomic E-state index is 11.7. The van der Waals surface area contributed by atoms with Crippen LogP contribution in [0.5, 0.6) is 11.5 Å². The highest BCUT2D eigenvalue weighted by Gasteiger charge is 2.23. The van der Waals surface area contributed by atoms with Gasteiger partial charge in [-0.1, -0.05) is 30.3 Å². The van der Waals surface area contributed by atoms with Gasteiger partial charge in [0.2, 0.25) is 0 Å². The van der Waals surface area contributed by atoms with Crippen molar-refractivity contribution in [3.63, 3.8) is 0 Å². The molecular weight excluding hydrogens is 404 g/mol.